The van der Waals surface area contributed by atoms with Gasteiger partial charge in [0.2, 0.25) is 0 Å². The van der Waals surface area contributed by atoms with Gasteiger partial charge >= 0.3 is 0 Å². The van der Waals surface area contributed by atoms with E-state index in [0.717, 1.165) is 28.7 Å². The number of nitrogens with one attached hydrogen (secondary N) is 2. The maximum Gasteiger partial charge on any atom is 0.271 e. The molecule has 0 aliphatic carbocycles. The van der Waals surface area contributed by atoms with Gasteiger partial charge in [-0.05, 0) is 69.9 Å². The first kappa shape index (κ1) is 18.4. The normalized spacial score (nSPS) is 10.7. The van der Waals surface area contributed by atoms with Crippen LogP contribution in [0.3, 0.4) is 0 Å². The molecule has 0 atom stereocenters. The van der Waals surface area contributed by atoms with E-state index in [9.17, 15) is 4.79 Å². The van der Waals surface area contributed by atoms with E-state index < -0.39 is 0 Å². The monoisotopic (exact) mass is 391 g/mol. The van der Waals surface area contributed by atoms with E-state index in [1.165, 1.54) is 0 Å². The number of anilines is 2. The lowest BCUT2D eigenvalue weighted by atomic mass is 10.2. The van der Waals surface area contributed by atoms with Gasteiger partial charge in [0, 0.05) is 16.7 Å². The summed E-state index contributed by atoms with van der Waals surface area (Å²) >= 11 is 3.47. The van der Waals surface area contributed by atoms with Crippen LogP contribution >= 0.6 is 15.9 Å². The topological polar surface area (TPSA) is 70.2 Å². The summed E-state index contributed by atoms with van der Waals surface area (Å²) in [6, 6.07) is 9.35. The molecule has 1 aromatic carbocycles. The highest BCUT2D eigenvalue weighted by atomic mass is 79.9. The van der Waals surface area contributed by atoms with Gasteiger partial charge in [-0.3, -0.25) is 4.79 Å². The van der Waals surface area contributed by atoms with Crippen molar-refractivity contribution in [3.8, 4) is 0 Å². The van der Waals surface area contributed by atoms with Crippen molar-refractivity contribution in [2.75, 3.05) is 32.5 Å². The number of carbonyl (C=O) groups is 1. The van der Waals surface area contributed by atoms with Crippen molar-refractivity contribution < 1.29 is 4.79 Å². The Kier molecular flexibility index (Phi) is 6.69. The molecular weight excluding hydrogens is 370 g/mol. The Balaban J connectivity index is 1.90. The van der Waals surface area contributed by atoms with E-state index in [1.54, 1.807) is 12.1 Å². The number of amides is 1. The summed E-state index contributed by atoms with van der Waals surface area (Å²) in [6.45, 7) is 3.57. The quantitative estimate of drug-likeness (QED) is 0.709. The molecule has 0 saturated carbocycles. The molecule has 2 N–H and O–H groups in total. The third-order valence-corrected chi connectivity index (χ3v) is 4.28. The molecule has 2 aromatic rings. The van der Waals surface area contributed by atoms with Gasteiger partial charge in [0.05, 0.1) is 0 Å². The van der Waals surface area contributed by atoms with E-state index in [1.807, 2.05) is 39.2 Å². The Morgan fingerprint density at radius 1 is 1.21 bits per heavy atom. The zero-order chi connectivity index (χ0) is 17.5. The second-order valence-electron chi connectivity index (χ2n) is 5.81. The fourth-order valence-corrected chi connectivity index (χ4v) is 2.32. The van der Waals surface area contributed by atoms with Crippen molar-refractivity contribution in [2.45, 2.75) is 13.3 Å². The summed E-state index contributed by atoms with van der Waals surface area (Å²) in [5, 5.41) is 14.1. The number of aryl methyl sites for hydroxylation is 1. The zero-order valence-corrected chi connectivity index (χ0v) is 15.7. The molecule has 6 nitrogen and oxygen atoms in total. The predicted molar refractivity (Wildman–Crippen MR) is 99.7 cm³/mol. The first-order chi connectivity index (χ1) is 11.5. The van der Waals surface area contributed by atoms with Crippen molar-refractivity contribution in [1.82, 2.24) is 20.4 Å². The largest absolute Gasteiger partial charge is 0.351 e. The average Bonchev–Trinajstić information content (AvgIpc) is 2.55. The summed E-state index contributed by atoms with van der Waals surface area (Å²) < 4.78 is 1.06. The lowest BCUT2D eigenvalue weighted by Gasteiger charge is -2.10. The second-order valence-corrected chi connectivity index (χ2v) is 6.66. The Morgan fingerprint density at radius 2 is 2.00 bits per heavy atom. The number of benzene rings is 1. The number of hydrogen-bond acceptors (Lipinski definition) is 5. The van der Waals surface area contributed by atoms with Crippen LogP contribution in [0.15, 0.2) is 34.8 Å². The number of aromatic nitrogens is 2. The summed E-state index contributed by atoms with van der Waals surface area (Å²) in [4.78, 5) is 14.1. The molecule has 2 rings (SSSR count). The van der Waals surface area contributed by atoms with Crippen molar-refractivity contribution in [3.63, 3.8) is 0 Å². The van der Waals surface area contributed by atoms with Gasteiger partial charge in [0.15, 0.2) is 11.5 Å². The first-order valence-corrected chi connectivity index (χ1v) is 8.55. The predicted octanol–water partition coefficient (Wildman–Crippen LogP) is 2.97. The Labute approximate surface area is 150 Å². The van der Waals surface area contributed by atoms with E-state index in [2.05, 4.69) is 41.7 Å². The minimum Gasteiger partial charge on any atom is -0.351 e. The standard InChI is InChI=1S/C17H22BrN5O/c1-12-11-13(5-6-14(12)18)20-16-8-7-15(21-22-16)17(24)19-9-4-10-23(2)3/h5-8,11H,4,9-10H2,1-3H3,(H,19,24)(H,20,22). The molecule has 0 radical (unpaired) electrons. The summed E-state index contributed by atoms with van der Waals surface area (Å²) in [7, 11) is 4.01. The van der Waals surface area contributed by atoms with Gasteiger partial charge in [-0.15, -0.1) is 10.2 Å². The maximum absolute atomic E-state index is 12.0. The highest BCUT2D eigenvalue weighted by Crippen LogP contribution is 2.22. The van der Waals surface area contributed by atoms with Crippen LogP contribution in [-0.4, -0.2) is 48.2 Å². The first-order valence-electron chi connectivity index (χ1n) is 7.75. The number of nitrogens with zero attached hydrogens (tertiary/aromatic N) is 3. The van der Waals surface area contributed by atoms with E-state index >= 15 is 0 Å². The highest BCUT2D eigenvalue weighted by Gasteiger charge is 2.08. The van der Waals surface area contributed by atoms with E-state index in [-0.39, 0.29) is 5.91 Å². The Morgan fingerprint density at radius 3 is 2.62 bits per heavy atom. The fourth-order valence-electron chi connectivity index (χ4n) is 2.08. The lowest BCUT2D eigenvalue weighted by molar-refractivity contribution is 0.0946. The third kappa shape index (κ3) is 5.58. The Bertz CT molecular complexity index is 688. The van der Waals surface area contributed by atoms with Crippen LogP contribution in [0.5, 0.6) is 0 Å². The number of carbonyl (C=O) groups excluding carboxylic acids is 1. The van der Waals surface area contributed by atoms with Crippen molar-refractivity contribution in [3.05, 3.63) is 46.1 Å². The lowest BCUT2D eigenvalue weighted by Crippen LogP contribution is -2.28. The molecule has 1 heterocycles. The van der Waals surface area contributed by atoms with E-state index in [0.29, 0.717) is 18.1 Å². The van der Waals surface area contributed by atoms with Gasteiger partial charge in [0.1, 0.15) is 0 Å². The van der Waals surface area contributed by atoms with Gasteiger partial charge in [0.25, 0.3) is 5.91 Å². The molecule has 128 valence electrons. The van der Waals surface area contributed by atoms with Crippen LogP contribution in [-0.2, 0) is 0 Å². The molecule has 7 heteroatoms. The van der Waals surface area contributed by atoms with Crippen LogP contribution in [0.4, 0.5) is 11.5 Å². The smallest absolute Gasteiger partial charge is 0.271 e. The van der Waals surface area contributed by atoms with Crippen LogP contribution < -0.4 is 10.6 Å². The molecule has 1 aromatic heterocycles. The molecule has 24 heavy (non-hydrogen) atoms. The minimum absolute atomic E-state index is 0.202. The molecule has 0 saturated heterocycles. The van der Waals surface area contributed by atoms with Crippen molar-refractivity contribution >= 4 is 33.3 Å². The molecule has 0 spiro atoms. The maximum atomic E-state index is 12.0. The molecule has 0 aliphatic heterocycles. The van der Waals surface area contributed by atoms with Crippen LogP contribution in [0.1, 0.15) is 22.5 Å². The zero-order valence-electron chi connectivity index (χ0n) is 14.1. The Hall–Kier alpha value is -1.99. The highest BCUT2D eigenvalue weighted by molar-refractivity contribution is 9.10. The summed E-state index contributed by atoms with van der Waals surface area (Å²) in [6.07, 6.45) is 0.898. The molecule has 0 aliphatic rings. The van der Waals surface area contributed by atoms with Gasteiger partial charge in [-0.2, -0.15) is 0 Å². The molecule has 0 bridgehead atoms. The van der Waals surface area contributed by atoms with Crippen LogP contribution in [0.2, 0.25) is 0 Å². The van der Waals surface area contributed by atoms with Gasteiger partial charge in [-0.25, -0.2) is 0 Å². The van der Waals surface area contributed by atoms with Crippen LogP contribution in [0, 0.1) is 6.92 Å². The average molecular weight is 392 g/mol. The van der Waals surface area contributed by atoms with Gasteiger partial charge in [-0.1, -0.05) is 15.9 Å². The number of hydrogen-bond donors (Lipinski definition) is 2. The molecular formula is C17H22BrN5O. The fraction of sp³-hybridized carbons (Fsp3) is 0.353. The molecule has 0 unspecified atom stereocenters. The van der Waals surface area contributed by atoms with Gasteiger partial charge < -0.3 is 15.5 Å². The SMILES string of the molecule is Cc1cc(Nc2ccc(C(=O)NCCCN(C)C)nn2)ccc1Br. The minimum atomic E-state index is -0.202. The summed E-state index contributed by atoms with van der Waals surface area (Å²) in [5.74, 6) is 0.396. The second kappa shape index (κ2) is 8.75. The van der Waals surface area contributed by atoms with E-state index in [4.69, 9.17) is 0 Å². The molecule has 0 fully saturated rings. The number of rotatable bonds is 7. The summed E-state index contributed by atoms with van der Waals surface area (Å²) in [5.41, 5.74) is 2.37. The van der Waals surface area contributed by atoms with Crippen molar-refractivity contribution in [2.24, 2.45) is 0 Å². The van der Waals surface area contributed by atoms with Crippen LogP contribution in [0.25, 0.3) is 0 Å². The molecule has 1 amide bonds. The third-order valence-electron chi connectivity index (χ3n) is 3.40. The number of halogens is 1. The van der Waals surface area contributed by atoms with Crippen molar-refractivity contribution in [1.29, 1.82) is 0 Å².